The number of carbonyl (C=O) groups is 2. The van der Waals surface area contributed by atoms with Gasteiger partial charge < -0.3 is 15.0 Å². The normalized spacial score (nSPS) is 14.1. The third-order valence-corrected chi connectivity index (χ3v) is 7.75. The van der Waals surface area contributed by atoms with Gasteiger partial charge in [0.05, 0.1) is 12.1 Å². The molecule has 0 atom stereocenters. The van der Waals surface area contributed by atoms with Crippen molar-refractivity contribution in [2.24, 2.45) is 5.92 Å². The second kappa shape index (κ2) is 11.8. The Balaban J connectivity index is 1.19. The van der Waals surface area contributed by atoms with E-state index in [4.69, 9.17) is 9.84 Å². The molecule has 1 fully saturated rings. The first kappa shape index (κ1) is 26.6. The van der Waals surface area contributed by atoms with Gasteiger partial charge in [0, 0.05) is 56.0 Å². The molecule has 1 aliphatic heterocycles. The molecule has 0 radical (unpaired) electrons. The number of rotatable bonds is 8. The fourth-order valence-corrected chi connectivity index (χ4v) is 5.49. The topological polar surface area (TPSA) is 76.5 Å². The Hall–Kier alpha value is -3.97. The van der Waals surface area contributed by atoms with Crippen molar-refractivity contribution in [3.05, 3.63) is 89.1 Å². The summed E-state index contributed by atoms with van der Waals surface area (Å²) in [6.45, 7) is 7.29. The third-order valence-electron chi connectivity index (χ3n) is 7.75. The number of methoxy groups -OCH3 is 1. The van der Waals surface area contributed by atoms with Crippen molar-refractivity contribution in [2.45, 2.75) is 33.2 Å². The molecule has 7 heteroatoms. The maximum Gasteiger partial charge on any atom is 0.253 e. The molecule has 4 aromatic rings. The number of nitrogens with one attached hydrogen (secondary N) is 1. The second-order valence-electron chi connectivity index (χ2n) is 10.4. The molecule has 202 valence electrons. The van der Waals surface area contributed by atoms with E-state index >= 15 is 0 Å². The molecular formula is C32H36N4O3. The van der Waals surface area contributed by atoms with Gasteiger partial charge in [-0.3, -0.25) is 14.3 Å². The summed E-state index contributed by atoms with van der Waals surface area (Å²) in [6, 6.07) is 20.1. The molecule has 7 nitrogen and oxygen atoms in total. The number of fused-ring (bicyclic) bond motifs is 1. The highest BCUT2D eigenvalue weighted by Crippen LogP contribution is 2.27. The van der Waals surface area contributed by atoms with Crippen molar-refractivity contribution < 1.29 is 14.3 Å². The molecule has 39 heavy (non-hydrogen) atoms. The van der Waals surface area contributed by atoms with Gasteiger partial charge in [-0.25, -0.2) is 0 Å². The summed E-state index contributed by atoms with van der Waals surface area (Å²) in [5.74, 6) is 0.455. The summed E-state index contributed by atoms with van der Waals surface area (Å²) in [5, 5.41) is 8.66. The predicted octanol–water partition coefficient (Wildman–Crippen LogP) is 5.25. The molecule has 2 heterocycles. The van der Waals surface area contributed by atoms with E-state index in [0.29, 0.717) is 24.6 Å². The van der Waals surface area contributed by atoms with E-state index in [1.165, 1.54) is 0 Å². The number of aromatic nitrogens is 2. The summed E-state index contributed by atoms with van der Waals surface area (Å²) in [4.78, 5) is 27.8. The average Bonchev–Trinajstić information content (AvgIpc) is 3.37. The zero-order valence-electron chi connectivity index (χ0n) is 22.9. The van der Waals surface area contributed by atoms with Gasteiger partial charge in [-0.15, -0.1) is 0 Å². The van der Waals surface area contributed by atoms with Gasteiger partial charge in [0.15, 0.2) is 0 Å². The Kier molecular flexibility index (Phi) is 8.07. The van der Waals surface area contributed by atoms with Crippen LogP contribution in [-0.2, 0) is 11.3 Å². The Bertz CT molecular complexity index is 1470. The van der Waals surface area contributed by atoms with E-state index in [1.807, 2.05) is 65.2 Å². The molecule has 0 bridgehead atoms. The van der Waals surface area contributed by atoms with E-state index in [0.717, 1.165) is 71.2 Å². The van der Waals surface area contributed by atoms with Crippen LogP contribution in [0.5, 0.6) is 0 Å². The quantitative estimate of drug-likeness (QED) is 0.320. The molecule has 5 rings (SSSR count). The van der Waals surface area contributed by atoms with Gasteiger partial charge in [-0.2, -0.15) is 5.10 Å². The van der Waals surface area contributed by atoms with Crippen molar-refractivity contribution in [2.75, 3.05) is 33.4 Å². The van der Waals surface area contributed by atoms with Gasteiger partial charge in [-0.1, -0.05) is 36.4 Å². The van der Waals surface area contributed by atoms with Crippen molar-refractivity contribution in [3.63, 3.8) is 0 Å². The number of benzene rings is 3. The summed E-state index contributed by atoms with van der Waals surface area (Å²) in [5.41, 5.74) is 6.67. The van der Waals surface area contributed by atoms with Crippen LogP contribution in [0.1, 0.15) is 44.7 Å². The number of hydrogen-bond acceptors (Lipinski definition) is 4. The van der Waals surface area contributed by atoms with Crippen LogP contribution in [0.25, 0.3) is 22.0 Å². The van der Waals surface area contributed by atoms with Gasteiger partial charge in [0.2, 0.25) is 0 Å². The van der Waals surface area contributed by atoms with Crippen LogP contribution in [0, 0.1) is 19.8 Å². The second-order valence-corrected chi connectivity index (χ2v) is 10.4. The molecular weight excluding hydrogens is 488 g/mol. The van der Waals surface area contributed by atoms with E-state index in [9.17, 15) is 9.59 Å². The van der Waals surface area contributed by atoms with Crippen LogP contribution in [0.15, 0.2) is 66.9 Å². The summed E-state index contributed by atoms with van der Waals surface area (Å²) < 4.78 is 7.02. The van der Waals surface area contributed by atoms with Crippen molar-refractivity contribution in [3.8, 4) is 11.1 Å². The van der Waals surface area contributed by atoms with Crippen molar-refractivity contribution in [1.29, 1.82) is 0 Å². The maximum absolute atomic E-state index is 13.3. The maximum atomic E-state index is 13.3. The summed E-state index contributed by atoms with van der Waals surface area (Å²) >= 11 is 0. The SMILES string of the molecule is COCCNC(=O)c1ccc2nn(CC3CCN(C(=O)c4ccc(-c5ccccc5)c(C)c4)CC3)cc2c1C. The zero-order valence-corrected chi connectivity index (χ0v) is 22.9. The lowest BCUT2D eigenvalue weighted by atomic mass is 9.95. The first-order valence-electron chi connectivity index (χ1n) is 13.6. The minimum atomic E-state index is -0.0962. The number of likely N-dealkylation sites (tertiary alicyclic amines) is 1. The first-order chi connectivity index (χ1) is 18.9. The average molecular weight is 525 g/mol. The number of ether oxygens (including phenoxy) is 1. The third kappa shape index (κ3) is 5.88. The number of piperidine rings is 1. The Morgan fingerprint density at radius 2 is 1.79 bits per heavy atom. The van der Waals surface area contributed by atoms with Crippen LogP contribution in [0.3, 0.4) is 0 Å². The standard InChI is InChI=1S/C32H36N4O3/c1-22-19-26(9-10-27(22)25-7-5-4-6-8-25)32(38)35-16-13-24(14-17-35)20-36-21-29-23(2)28(11-12-30(29)34-36)31(37)33-15-18-39-3/h4-12,19,21,24H,13-18,20H2,1-3H3,(H,33,37). The highest BCUT2D eigenvalue weighted by molar-refractivity contribution is 6.00. The number of nitrogens with zero attached hydrogens (tertiary/aromatic N) is 3. The molecule has 0 unspecified atom stereocenters. The molecule has 1 saturated heterocycles. The molecule has 0 spiro atoms. The lowest BCUT2D eigenvalue weighted by molar-refractivity contribution is 0.0681. The van der Waals surface area contributed by atoms with Crippen LogP contribution < -0.4 is 5.32 Å². The number of aryl methyl sites for hydroxylation is 2. The minimum Gasteiger partial charge on any atom is -0.383 e. The molecule has 3 aromatic carbocycles. The highest BCUT2D eigenvalue weighted by Gasteiger charge is 2.25. The number of carbonyl (C=O) groups excluding carboxylic acids is 2. The van der Waals surface area contributed by atoms with Gasteiger partial charge in [0.1, 0.15) is 0 Å². The predicted molar refractivity (Wildman–Crippen MR) is 154 cm³/mol. The fraction of sp³-hybridized carbons (Fsp3) is 0.344. The molecule has 1 aromatic heterocycles. The number of hydrogen-bond donors (Lipinski definition) is 1. The van der Waals surface area contributed by atoms with E-state index in [1.54, 1.807) is 7.11 Å². The lowest BCUT2D eigenvalue weighted by Gasteiger charge is -2.32. The molecule has 1 aliphatic rings. The Morgan fingerprint density at radius 3 is 2.51 bits per heavy atom. The van der Waals surface area contributed by atoms with E-state index in [-0.39, 0.29) is 11.8 Å². The highest BCUT2D eigenvalue weighted by atomic mass is 16.5. The van der Waals surface area contributed by atoms with E-state index < -0.39 is 0 Å². The monoisotopic (exact) mass is 524 g/mol. The Labute approximate surface area is 229 Å². The van der Waals surface area contributed by atoms with Gasteiger partial charge in [-0.05, 0) is 79.1 Å². The summed E-state index contributed by atoms with van der Waals surface area (Å²) in [6.07, 6.45) is 3.93. The van der Waals surface area contributed by atoms with E-state index in [2.05, 4.69) is 30.4 Å². The van der Waals surface area contributed by atoms with Crippen LogP contribution >= 0.6 is 0 Å². The zero-order chi connectivity index (χ0) is 27.4. The van der Waals surface area contributed by atoms with Gasteiger partial charge >= 0.3 is 0 Å². The van der Waals surface area contributed by atoms with Gasteiger partial charge in [0.25, 0.3) is 11.8 Å². The summed E-state index contributed by atoms with van der Waals surface area (Å²) in [7, 11) is 1.62. The molecule has 0 saturated carbocycles. The number of amides is 2. The van der Waals surface area contributed by atoms with Crippen LogP contribution in [0.4, 0.5) is 0 Å². The van der Waals surface area contributed by atoms with Crippen molar-refractivity contribution in [1.82, 2.24) is 20.0 Å². The first-order valence-corrected chi connectivity index (χ1v) is 13.6. The van der Waals surface area contributed by atoms with Crippen LogP contribution in [-0.4, -0.2) is 59.8 Å². The Morgan fingerprint density at radius 1 is 1.03 bits per heavy atom. The van der Waals surface area contributed by atoms with Crippen LogP contribution in [0.2, 0.25) is 0 Å². The minimum absolute atomic E-state index is 0.0962. The lowest BCUT2D eigenvalue weighted by Crippen LogP contribution is -2.39. The molecule has 2 amide bonds. The molecule has 1 N–H and O–H groups in total. The van der Waals surface area contributed by atoms with Crippen molar-refractivity contribution >= 4 is 22.7 Å². The largest absolute Gasteiger partial charge is 0.383 e. The molecule has 0 aliphatic carbocycles. The smallest absolute Gasteiger partial charge is 0.253 e. The fourth-order valence-electron chi connectivity index (χ4n) is 5.49.